The van der Waals surface area contributed by atoms with Crippen LogP contribution in [0.2, 0.25) is 5.02 Å². The first-order valence-corrected chi connectivity index (χ1v) is 5.27. The summed E-state index contributed by atoms with van der Waals surface area (Å²) in [5.74, 6) is -0.0983. The Kier molecular flexibility index (Phi) is 3.31. The van der Waals surface area contributed by atoms with E-state index < -0.39 is 5.82 Å². The Balaban J connectivity index is 2.58. The third kappa shape index (κ3) is 2.25. The first-order chi connectivity index (χ1) is 8.13. The van der Waals surface area contributed by atoms with Crippen molar-refractivity contribution in [2.75, 3.05) is 12.8 Å². The molecular weight excluding hydrogens is 245 g/mol. The average molecular weight is 256 g/mol. The highest BCUT2D eigenvalue weighted by Crippen LogP contribution is 2.31. The highest BCUT2D eigenvalue weighted by molar-refractivity contribution is 6.31. The first kappa shape index (κ1) is 11.9. The number of hydrogen-bond donors (Lipinski definition) is 2. The number of ether oxygens (including phenoxy) is 1. The fraction of sp³-hybridized carbons (Fsp3) is 0.182. The van der Waals surface area contributed by atoms with Crippen LogP contribution in [0.3, 0.4) is 0 Å². The molecule has 90 valence electrons. The number of aromatic amines is 1. The van der Waals surface area contributed by atoms with Gasteiger partial charge in [-0.25, -0.2) is 4.39 Å². The summed E-state index contributed by atoms with van der Waals surface area (Å²) in [5.41, 5.74) is 6.85. The van der Waals surface area contributed by atoms with Crippen molar-refractivity contribution in [1.82, 2.24) is 10.2 Å². The Morgan fingerprint density at radius 1 is 1.47 bits per heavy atom. The van der Waals surface area contributed by atoms with Crippen molar-refractivity contribution in [3.8, 4) is 11.1 Å². The lowest BCUT2D eigenvalue weighted by Gasteiger charge is -2.08. The quantitative estimate of drug-likeness (QED) is 0.886. The van der Waals surface area contributed by atoms with Gasteiger partial charge in [-0.1, -0.05) is 11.6 Å². The molecule has 0 spiro atoms. The molecule has 0 saturated carbocycles. The lowest BCUT2D eigenvalue weighted by molar-refractivity contribution is 0.181. The highest BCUT2D eigenvalue weighted by atomic mass is 35.5. The van der Waals surface area contributed by atoms with Crippen molar-refractivity contribution in [3.63, 3.8) is 0 Å². The van der Waals surface area contributed by atoms with Crippen LogP contribution in [0.5, 0.6) is 0 Å². The van der Waals surface area contributed by atoms with E-state index in [0.29, 0.717) is 27.5 Å². The molecule has 0 amide bonds. The molecular formula is C11H11ClFN3O. The van der Waals surface area contributed by atoms with Crippen molar-refractivity contribution >= 4 is 17.4 Å². The number of aromatic nitrogens is 2. The molecule has 0 bridgehead atoms. The first-order valence-electron chi connectivity index (χ1n) is 4.89. The maximum atomic E-state index is 14.1. The maximum absolute atomic E-state index is 14.1. The van der Waals surface area contributed by atoms with Gasteiger partial charge in [0.2, 0.25) is 0 Å². The van der Waals surface area contributed by atoms with Gasteiger partial charge in [0.15, 0.2) is 0 Å². The predicted octanol–water partition coefficient (Wildman–Crippen LogP) is 2.60. The molecule has 0 aliphatic rings. The van der Waals surface area contributed by atoms with Crippen molar-refractivity contribution in [2.24, 2.45) is 0 Å². The molecule has 3 N–H and O–H groups in total. The Hall–Kier alpha value is -1.59. The second-order valence-electron chi connectivity index (χ2n) is 3.56. The number of hydrogen-bond acceptors (Lipinski definition) is 3. The SMILES string of the molecule is COCc1cc(Cl)cc(-c2cn[nH]c2N)c1F. The van der Waals surface area contributed by atoms with Gasteiger partial charge in [-0.15, -0.1) is 0 Å². The molecule has 1 heterocycles. The van der Waals surface area contributed by atoms with Crippen molar-refractivity contribution in [3.05, 3.63) is 34.7 Å². The number of halogens is 2. The van der Waals surface area contributed by atoms with Gasteiger partial charge in [0.25, 0.3) is 0 Å². The summed E-state index contributed by atoms with van der Waals surface area (Å²) >= 11 is 5.93. The van der Waals surface area contributed by atoms with Crippen LogP contribution in [0.4, 0.5) is 10.2 Å². The fourth-order valence-corrected chi connectivity index (χ4v) is 1.85. The van der Waals surface area contributed by atoms with Crippen LogP contribution in [-0.4, -0.2) is 17.3 Å². The third-order valence-electron chi connectivity index (χ3n) is 2.37. The van der Waals surface area contributed by atoms with Crippen LogP contribution < -0.4 is 5.73 Å². The molecule has 0 atom stereocenters. The number of nitrogens with two attached hydrogens (primary N) is 1. The van der Waals surface area contributed by atoms with Gasteiger partial charge in [-0.05, 0) is 12.1 Å². The standard InChI is InChI=1S/C11H11ClFN3O/c1-17-5-6-2-7(12)3-8(10(6)13)9-4-15-16-11(9)14/h2-4H,5H2,1H3,(H3,14,15,16). The van der Waals surface area contributed by atoms with Gasteiger partial charge < -0.3 is 10.5 Å². The summed E-state index contributed by atoms with van der Waals surface area (Å²) in [6, 6.07) is 3.04. The summed E-state index contributed by atoms with van der Waals surface area (Å²) in [4.78, 5) is 0. The number of H-pyrrole nitrogens is 1. The fourth-order valence-electron chi connectivity index (χ4n) is 1.61. The number of benzene rings is 1. The summed E-state index contributed by atoms with van der Waals surface area (Å²) in [7, 11) is 1.49. The van der Waals surface area contributed by atoms with E-state index in [9.17, 15) is 4.39 Å². The summed E-state index contributed by atoms with van der Waals surface area (Å²) in [6.45, 7) is 0.150. The van der Waals surface area contributed by atoms with Crippen LogP contribution >= 0.6 is 11.6 Å². The molecule has 1 aromatic carbocycles. The second kappa shape index (κ2) is 4.73. The number of anilines is 1. The largest absolute Gasteiger partial charge is 0.384 e. The van der Waals surface area contributed by atoms with E-state index in [-0.39, 0.29) is 6.61 Å². The van der Waals surface area contributed by atoms with Gasteiger partial charge in [-0.2, -0.15) is 5.10 Å². The molecule has 0 saturated heterocycles. The lowest BCUT2D eigenvalue weighted by Crippen LogP contribution is -1.97. The van der Waals surface area contributed by atoms with E-state index in [1.807, 2.05) is 0 Å². The number of nitrogens with one attached hydrogen (secondary N) is 1. The lowest BCUT2D eigenvalue weighted by atomic mass is 10.0. The van der Waals surface area contributed by atoms with E-state index in [1.54, 1.807) is 0 Å². The molecule has 0 fully saturated rings. The molecule has 6 heteroatoms. The van der Waals surface area contributed by atoms with Crippen LogP contribution in [-0.2, 0) is 11.3 Å². The van der Waals surface area contributed by atoms with Crippen LogP contribution in [0.15, 0.2) is 18.3 Å². The molecule has 4 nitrogen and oxygen atoms in total. The zero-order valence-corrected chi connectivity index (χ0v) is 9.88. The Bertz CT molecular complexity index is 542. The van der Waals surface area contributed by atoms with Gasteiger partial charge in [0, 0.05) is 28.8 Å². The molecule has 2 aromatic rings. The molecule has 0 radical (unpaired) electrons. The Morgan fingerprint density at radius 3 is 2.82 bits per heavy atom. The third-order valence-corrected chi connectivity index (χ3v) is 2.59. The van der Waals surface area contributed by atoms with Crippen LogP contribution in [0.25, 0.3) is 11.1 Å². The van der Waals surface area contributed by atoms with Crippen molar-refractivity contribution in [1.29, 1.82) is 0 Å². The van der Waals surface area contributed by atoms with E-state index >= 15 is 0 Å². The molecule has 0 aliphatic heterocycles. The predicted molar refractivity (Wildman–Crippen MR) is 64.1 cm³/mol. The number of nitrogens with zero attached hydrogens (tertiary/aromatic N) is 1. The molecule has 0 unspecified atom stereocenters. The minimum absolute atomic E-state index is 0.150. The Morgan fingerprint density at radius 2 is 2.24 bits per heavy atom. The van der Waals surface area contributed by atoms with Gasteiger partial charge in [0.05, 0.1) is 12.8 Å². The topological polar surface area (TPSA) is 63.9 Å². The Labute approximate surface area is 103 Å². The zero-order chi connectivity index (χ0) is 12.4. The van der Waals surface area contributed by atoms with Gasteiger partial charge in [-0.3, -0.25) is 5.10 Å². The molecule has 17 heavy (non-hydrogen) atoms. The average Bonchev–Trinajstić information content (AvgIpc) is 2.70. The van der Waals surface area contributed by atoms with Crippen LogP contribution in [0, 0.1) is 5.82 Å². The monoisotopic (exact) mass is 255 g/mol. The number of methoxy groups -OCH3 is 1. The summed E-state index contributed by atoms with van der Waals surface area (Å²) in [6.07, 6.45) is 1.46. The van der Waals surface area contributed by atoms with Crippen molar-refractivity contribution < 1.29 is 9.13 Å². The second-order valence-corrected chi connectivity index (χ2v) is 3.99. The van der Waals surface area contributed by atoms with E-state index in [0.717, 1.165) is 0 Å². The smallest absolute Gasteiger partial charge is 0.136 e. The number of nitrogen functional groups attached to an aromatic ring is 1. The zero-order valence-electron chi connectivity index (χ0n) is 9.13. The molecule has 2 rings (SSSR count). The van der Waals surface area contributed by atoms with E-state index in [1.165, 1.54) is 25.4 Å². The summed E-state index contributed by atoms with van der Waals surface area (Å²) in [5, 5.41) is 6.73. The molecule has 0 aliphatic carbocycles. The minimum Gasteiger partial charge on any atom is -0.384 e. The normalized spacial score (nSPS) is 10.8. The molecule has 1 aromatic heterocycles. The van der Waals surface area contributed by atoms with E-state index in [4.69, 9.17) is 22.1 Å². The maximum Gasteiger partial charge on any atom is 0.136 e. The highest BCUT2D eigenvalue weighted by Gasteiger charge is 2.15. The summed E-state index contributed by atoms with van der Waals surface area (Å²) < 4.78 is 19.1. The van der Waals surface area contributed by atoms with Crippen LogP contribution in [0.1, 0.15) is 5.56 Å². The minimum atomic E-state index is -0.399. The van der Waals surface area contributed by atoms with Crippen molar-refractivity contribution in [2.45, 2.75) is 6.61 Å². The van der Waals surface area contributed by atoms with Gasteiger partial charge >= 0.3 is 0 Å². The number of rotatable bonds is 3. The van der Waals surface area contributed by atoms with E-state index in [2.05, 4.69) is 10.2 Å². The van der Waals surface area contributed by atoms with Gasteiger partial charge in [0.1, 0.15) is 11.6 Å².